The Bertz CT molecular complexity index is 690. The topological polar surface area (TPSA) is 104 Å². The number of sulfonamides is 1. The maximum absolute atomic E-state index is 12.5. The SMILES string of the molecule is CCC(C)N(CC(=O)O)C(=O)C(C)NS(=O)(=O)c1ccc(Cl)cc1. The Morgan fingerprint density at radius 3 is 2.25 bits per heavy atom. The van der Waals surface area contributed by atoms with Crippen molar-refractivity contribution in [3.05, 3.63) is 29.3 Å². The van der Waals surface area contributed by atoms with Crippen LogP contribution >= 0.6 is 11.6 Å². The number of nitrogens with zero attached hydrogens (tertiary/aromatic N) is 1. The van der Waals surface area contributed by atoms with Gasteiger partial charge in [0.2, 0.25) is 15.9 Å². The monoisotopic (exact) mass is 376 g/mol. The van der Waals surface area contributed by atoms with Crippen molar-refractivity contribution in [3.63, 3.8) is 0 Å². The van der Waals surface area contributed by atoms with Crippen LogP contribution in [0.1, 0.15) is 27.2 Å². The third-order valence-electron chi connectivity index (χ3n) is 3.54. The lowest BCUT2D eigenvalue weighted by Crippen LogP contribution is -2.51. The highest BCUT2D eigenvalue weighted by molar-refractivity contribution is 7.89. The van der Waals surface area contributed by atoms with Crippen molar-refractivity contribution >= 4 is 33.5 Å². The molecule has 0 aliphatic rings. The number of aliphatic carboxylic acids is 1. The van der Waals surface area contributed by atoms with Crippen molar-refractivity contribution in [1.29, 1.82) is 0 Å². The van der Waals surface area contributed by atoms with Crippen LogP contribution < -0.4 is 4.72 Å². The van der Waals surface area contributed by atoms with Gasteiger partial charge in [0.05, 0.1) is 10.9 Å². The van der Waals surface area contributed by atoms with Gasteiger partial charge in [0, 0.05) is 11.1 Å². The third kappa shape index (κ3) is 5.47. The molecule has 0 fully saturated rings. The zero-order valence-corrected chi connectivity index (χ0v) is 15.3. The number of carboxylic acids is 1. The highest BCUT2D eigenvalue weighted by Crippen LogP contribution is 2.15. The summed E-state index contributed by atoms with van der Waals surface area (Å²) in [5.74, 6) is -1.75. The average molecular weight is 377 g/mol. The molecule has 0 aromatic heterocycles. The summed E-state index contributed by atoms with van der Waals surface area (Å²) >= 11 is 5.73. The largest absolute Gasteiger partial charge is 0.480 e. The molecule has 1 aromatic rings. The molecule has 1 amide bonds. The first-order valence-electron chi connectivity index (χ1n) is 7.38. The second kappa shape index (κ2) is 8.46. The molecular weight excluding hydrogens is 356 g/mol. The fourth-order valence-corrected chi connectivity index (χ4v) is 3.35. The van der Waals surface area contributed by atoms with Crippen molar-refractivity contribution in [2.24, 2.45) is 0 Å². The van der Waals surface area contributed by atoms with E-state index in [4.69, 9.17) is 16.7 Å². The average Bonchev–Trinajstić information content (AvgIpc) is 2.51. The van der Waals surface area contributed by atoms with Gasteiger partial charge in [0.15, 0.2) is 0 Å². The molecule has 0 saturated carbocycles. The van der Waals surface area contributed by atoms with Crippen LogP contribution in [0.2, 0.25) is 5.02 Å². The van der Waals surface area contributed by atoms with E-state index in [1.807, 2.05) is 6.92 Å². The maximum atomic E-state index is 12.5. The van der Waals surface area contributed by atoms with E-state index in [-0.39, 0.29) is 10.9 Å². The Morgan fingerprint density at radius 1 is 1.25 bits per heavy atom. The van der Waals surface area contributed by atoms with E-state index in [0.29, 0.717) is 11.4 Å². The molecular formula is C15H21ClN2O5S. The maximum Gasteiger partial charge on any atom is 0.323 e. The lowest BCUT2D eigenvalue weighted by molar-refractivity contribution is -0.146. The summed E-state index contributed by atoms with van der Waals surface area (Å²) in [7, 11) is -3.92. The first-order valence-corrected chi connectivity index (χ1v) is 9.24. The molecule has 134 valence electrons. The number of carbonyl (C=O) groups is 2. The molecule has 0 aliphatic carbocycles. The van der Waals surface area contributed by atoms with E-state index in [1.54, 1.807) is 6.92 Å². The first-order chi connectivity index (χ1) is 11.1. The van der Waals surface area contributed by atoms with Gasteiger partial charge in [-0.05, 0) is 44.5 Å². The normalized spacial score (nSPS) is 14.0. The molecule has 2 N–H and O–H groups in total. The van der Waals surface area contributed by atoms with Gasteiger partial charge in [0.25, 0.3) is 0 Å². The number of carbonyl (C=O) groups excluding carboxylic acids is 1. The van der Waals surface area contributed by atoms with Gasteiger partial charge >= 0.3 is 5.97 Å². The fraction of sp³-hybridized carbons (Fsp3) is 0.467. The number of halogens is 1. The molecule has 0 bridgehead atoms. The lowest BCUT2D eigenvalue weighted by Gasteiger charge is -2.29. The van der Waals surface area contributed by atoms with E-state index < -0.39 is 34.5 Å². The van der Waals surface area contributed by atoms with E-state index >= 15 is 0 Å². The molecule has 9 heteroatoms. The number of carboxylic acid groups (broad SMARTS) is 1. The van der Waals surface area contributed by atoms with Crippen LogP contribution in [0.3, 0.4) is 0 Å². The smallest absolute Gasteiger partial charge is 0.323 e. The van der Waals surface area contributed by atoms with Crippen LogP contribution in [0.4, 0.5) is 0 Å². The Labute approximate surface area is 146 Å². The van der Waals surface area contributed by atoms with Crippen LogP contribution in [-0.4, -0.2) is 48.9 Å². The van der Waals surface area contributed by atoms with Crippen molar-refractivity contribution in [2.75, 3.05) is 6.54 Å². The number of hydrogen-bond donors (Lipinski definition) is 2. The van der Waals surface area contributed by atoms with Gasteiger partial charge in [-0.2, -0.15) is 4.72 Å². The summed E-state index contributed by atoms with van der Waals surface area (Å²) in [5.41, 5.74) is 0. The van der Waals surface area contributed by atoms with Gasteiger partial charge in [-0.15, -0.1) is 0 Å². The summed E-state index contributed by atoms with van der Waals surface area (Å²) < 4.78 is 26.9. The number of benzene rings is 1. The van der Waals surface area contributed by atoms with E-state index in [1.165, 1.54) is 31.2 Å². The van der Waals surface area contributed by atoms with E-state index in [2.05, 4.69) is 4.72 Å². The van der Waals surface area contributed by atoms with Crippen molar-refractivity contribution in [2.45, 2.75) is 44.2 Å². The summed E-state index contributed by atoms with van der Waals surface area (Å²) in [4.78, 5) is 24.5. The fourth-order valence-electron chi connectivity index (χ4n) is 2.03. The Balaban J connectivity index is 2.94. The van der Waals surface area contributed by atoms with Gasteiger partial charge < -0.3 is 10.0 Å². The quantitative estimate of drug-likeness (QED) is 0.718. The third-order valence-corrected chi connectivity index (χ3v) is 5.35. The van der Waals surface area contributed by atoms with Gasteiger partial charge in [0.1, 0.15) is 6.54 Å². The summed E-state index contributed by atoms with van der Waals surface area (Å²) in [5, 5.41) is 9.34. The number of hydrogen-bond acceptors (Lipinski definition) is 4. The van der Waals surface area contributed by atoms with Crippen LogP contribution in [0.25, 0.3) is 0 Å². The lowest BCUT2D eigenvalue weighted by atomic mass is 10.2. The molecule has 2 atom stereocenters. The van der Waals surface area contributed by atoms with Crippen LogP contribution in [0.15, 0.2) is 29.2 Å². The molecule has 24 heavy (non-hydrogen) atoms. The highest BCUT2D eigenvalue weighted by atomic mass is 35.5. The number of amides is 1. The van der Waals surface area contributed by atoms with Crippen molar-refractivity contribution in [3.8, 4) is 0 Å². The predicted molar refractivity (Wildman–Crippen MR) is 90.3 cm³/mol. The van der Waals surface area contributed by atoms with E-state index in [0.717, 1.165) is 4.90 Å². The highest BCUT2D eigenvalue weighted by Gasteiger charge is 2.29. The molecule has 0 radical (unpaired) electrons. The number of nitrogens with one attached hydrogen (secondary N) is 1. The molecule has 0 spiro atoms. The van der Waals surface area contributed by atoms with Gasteiger partial charge in [-0.3, -0.25) is 9.59 Å². The summed E-state index contributed by atoms with van der Waals surface area (Å²) in [6.07, 6.45) is 0.551. The Hall–Kier alpha value is -1.64. The second-order valence-corrected chi connectivity index (χ2v) is 7.56. The minimum atomic E-state index is -3.92. The molecule has 7 nitrogen and oxygen atoms in total. The zero-order valence-electron chi connectivity index (χ0n) is 13.7. The summed E-state index contributed by atoms with van der Waals surface area (Å²) in [6.45, 7) is 4.42. The first kappa shape index (κ1) is 20.4. The Morgan fingerprint density at radius 2 is 1.79 bits per heavy atom. The van der Waals surface area contributed by atoms with Gasteiger partial charge in [-0.1, -0.05) is 18.5 Å². The molecule has 1 aromatic carbocycles. The molecule has 0 aliphatic heterocycles. The standard InChI is InChI=1S/C15H21ClN2O5S/c1-4-10(2)18(9-14(19)20)15(21)11(3)17-24(22,23)13-7-5-12(16)6-8-13/h5-8,10-11,17H,4,9H2,1-3H3,(H,19,20). The molecule has 0 heterocycles. The second-order valence-electron chi connectivity index (χ2n) is 5.41. The Kier molecular flexibility index (Phi) is 7.19. The van der Waals surface area contributed by atoms with Crippen LogP contribution in [0.5, 0.6) is 0 Å². The minimum Gasteiger partial charge on any atom is -0.480 e. The van der Waals surface area contributed by atoms with Gasteiger partial charge in [-0.25, -0.2) is 8.42 Å². The number of rotatable bonds is 8. The molecule has 2 unspecified atom stereocenters. The van der Waals surface area contributed by atoms with Crippen molar-refractivity contribution < 1.29 is 23.1 Å². The molecule has 1 rings (SSSR count). The van der Waals surface area contributed by atoms with Crippen LogP contribution in [0, 0.1) is 0 Å². The van der Waals surface area contributed by atoms with Crippen molar-refractivity contribution in [1.82, 2.24) is 9.62 Å². The van der Waals surface area contributed by atoms with E-state index in [9.17, 15) is 18.0 Å². The zero-order chi connectivity index (χ0) is 18.5. The molecule has 0 saturated heterocycles. The summed E-state index contributed by atoms with van der Waals surface area (Å²) in [6, 6.07) is 4.09. The van der Waals surface area contributed by atoms with Crippen LogP contribution in [-0.2, 0) is 19.6 Å². The predicted octanol–water partition coefficient (Wildman–Crippen LogP) is 1.72. The minimum absolute atomic E-state index is 0.0279.